The lowest BCUT2D eigenvalue weighted by Gasteiger charge is -2.27. The first-order valence-electron chi connectivity index (χ1n) is 32.3. The van der Waals surface area contributed by atoms with Gasteiger partial charge in [0.2, 0.25) is 0 Å². The second-order valence-electron chi connectivity index (χ2n) is 19.6. The van der Waals surface area contributed by atoms with Crippen molar-refractivity contribution >= 4 is 0 Å². The smallest absolute Gasteiger partial charge is 0.00203 e. The molecule has 420 valence electrons. The molecule has 3 aromatic carbocycles. The van der Waals surface area contributed by atoms with Gasteiger partial charge < -0.3 is 0 Å². The highest BCUT2D eigenvalue weighted by Crippen LogP contribution is 2.43. The van der Waals surface area contributed by atoms with Gasteiger partial charge in [0.15, 0.2) is 0 Å². The van der Waals surface area contributed by atoms with Crippen molar-refractivity contribution in [3.8, 4) is 0 Å². The number of hydrogen-bond acceptors (Lipinski definition) is 0. The van der Waals surface area contributed by atoms with Crippen LogP contribution in [0.25, 0.3) is 0 Å². The van der Waals surface area contributed by atoms with Gasteiger partial charge in [0, 0.05) is 0 Å². The van der Waals surface area contributed by atoms with Crippen LogP contribution >= 0.6 is 0 Å². The molecule has 0 heterocycles. The highest BCUT2D eigenvalue weighted by Gasteiger charge is 2.30. The van der Waals surface area contributed by atoms with Crippen LogP contribution in [0, 0.1) is 0 Å². The fraction of sp³-hybridized carbons (Fsp3) is 0.462. The maximum Gasteiger partial charge on any atom is -0.00203 e. The van der Waals surface area contributed by atoms with E-state index in [0.29, 0.717) is 0 Å². The maximum atomic E-state index is 2.41. The van der Waals surface area contributed by atoms with Gasteiger partial charge in [0.05, 0.1) is 0 Å². The number of fused-ring (bicyclic) bond motifs is 9. The molecule has 0 unspecified atom stereocenters. The Bertz CT molecular complexity index is 2550. The van der Waals surface area contributed by atoms with E-state index in [2.05, 4.69) is 109 Å². The van der Waals surface area contributed by atoms with Gasteiger partial charge in [-0.3, -0.25) is 0 Å². The van der Waals surface area contributed by atoms with Crippen LogP contribution in [0.4, 0.5) is 0 Å². The molecule has 15 rings (SSSR count). The largest absolute Gasteiger partial charge is 0.0802 e. The summed E-state index contributed by atoms with van der Waals surface area (Å²) in [6.07, 6.45) is 49.5. The number of allylic oxidation sites excluding steroid dienone is 24. The molecular weight excluding hydrogens is 937 g/mol. The van der Waals surface area contributed by atoms with Gasteiger partial charge in [-0.05, 0) is 216 Å². The molecule has 12 aliphatic carbocycles. The first-order valence-corrected chi connectivity index (χ1v) is 32.3. The van der Waals surface area contributed by atoms with E-state index >= 15 is 0 Å². The highest BCUT2D eigenvalue weighted by molar-refractivity contribution is 5.61. The summed E-state index contributed by atoms with van der Waals surface area (Å²) in [5, 5.41) is 0. The van der Waals surface area contributed by atoms with Gasteiger partial charge >= 0.3 is 0 Å². The second-order valence-corrected chi connectivity index (χ2v) is 19.6. The molecule has 0 saturated carbocycles. The van der Waals surface area contributed by atoms with Crippen molar-refractivity contribution in [2.45, 2.75) is 240 Å². The molecule has 0 fully saturated rings. The van der Waals surface area contributed by atoms with Crippen LogP contribution in [0.15, 0.2) is 176 Å². The van der Waals surface area contributed by atoms with E-state index in [4.69, 9.17) is 0 Å². The van der Waals surface area contributed by atoms with Crippen molar-refractivity contribution in [2.24, 2.45) is 0 Å². The van der Waals surface area contributed by atoms with E-state index in [1.165, 1.54) is 116 Å². The van der Waals surface area contributed by atoms with Crippen LogP contribution in [0.2, 0.25) is 0 Å². The van der Waals surface area contributed by atoms with Crippen molar-refractivity contribution < 1.29 is 0 Å². The van der Waals surface area contributed by atoms with Gasteiger partial charge in [-0.2, -0.15) is 0 Å². The van der Waals surface area contributed by atoms with Crippen molar-refractivity contribution in [2.75, 3.05) is 0 Å². The standard InChI is InChI=1S/3C20H18.9C2H6/c3*1-3-13-9-17-7-8-18-10-14-4-2-6-16(14)12-20(18)19(17)11-15(13)5-1;9*1-2/h2*1-2,5-8H,3-4,9-12H2;1-4,7-8H,5-6,9-12H2;9*1-2H3. The second kappa shape index (κ2) is 33.9. The van der Waals surface area contributed by atoms with Gasteiger partial charge in [0.1, 0.15) is 0 Å². The molecular formula is C78H108. The third-order valence-electron chi connectivity index (χ3n) is 16.3. The van der Waals surface area contributed by atoms with Gasteiger partial charge in [-0.15, -0.1) is 0 Å². The molecule has 0 atom stereocenters. The minimum Gasteiger partial charge on any atom is -0.0802 e. The molecule has 0 heteroatoms. The lowest BCUT2D eigenvalue weighted by atomic mass is 9.77. The predicted octanol–water partition coefficient (Wildman–Crippen LogP) is 22.4. The van der Waals surface area contributed by atoms with E-state index in [-0.39, 0.29) is 0 Å². The molecule has 0 aromatic heterocycles. The predicted molar refractivity (Wildman–Crippen MR) is 351 cm³/mol. The van der Waals surface area contributed by atoms with Gasteiger partial charge in [-0.1, -0.05) is 267 Å². The van der Waals surface area contributed by atoms with E-state index in [0.717, 1.165) is 0 Å². The zero-order valence-corrected chi connectivity index (χ0v) is 53.1. The van der Waals surface area contributed by atoms with Gasteiger partial charge in [0.25, 0.3) is 0 Å². The molecule has 78 heavy (non-hydrogen) atoms. The Balaban J connectivity index is 0.000000220. The molecule has 0 N–H and O–H groups in total. The zero-order chi connectivity index (χ0) is 57.3. The Morgan fingerprint density at radius 2 is 0.333 bits per heavy atom. The summed E-state index contributed by atoms with van der Waals surface area (Å²) in [7, 11) is 0. The molecule has 3 aromatic rings. The first-order chi connectivity index (χ1) is 38.6. The number of benzene rings is 3. The van der Waals surface area contributed by atoms with Crippen LogP contribution in [-0.4, -0.2) is 0 Å². The van der Waals surface area contributed by atoms with Crippen molar-refractivity contribution in [3.05, 3.63) is 243 Å². The summed E-state index contributed by atoms with van der Waals surface area (Å²) in [5.41, 5.74) is 39.1. The molecule has 0 saturated heterocycles. The molecule has 0 bridgehead atoms. The summed E-state index contributed by atoms with van der Waals surface area (Å²) in [5.74, 6) is 0. The Kier molecular flexibility index (Phi) is 28.2. The topological polar surface area (TPSA) is 0 Å². The lowest BCUT2D eigenvalue weighted by Crippen LogP contribution is -2.14. The Morgan fingerprint density at radius 3 is 0.538 bits per heavy atom. The summed E-state index contributed by atoms with van der Waals surface area (Å²) >= 11 is 0. The van der Waals surface area contributed by atoms with E-state index in [9.17, 15) is 0 Å². The normalized spacial score (nSPS) is 17.6. The number of hydrogen-bond donors (Lipinski definition) is 0. The van der Waals surface area contributed by atoms with E-state index < -0.39 is 0 Å². The maximum absolute atomic E-state index is 2.41. The summed E-state index contributed by atoms with van der Waals surface area (Å²) < 4.78 is 0. The Labute approximate surface area is 480 Å². The Morgan fingerprint density at radius 1 is 0.179 bits per heavy atom. The minimum atomic E-state index is 1.17. The molecule has 0 spiro atoms. The van der Waals surface area contributed by atoms with Crippen LogP contribution in [0.5, 0.6) is 0 Å². The minimum absolute atomic E-state index is 1.17. The summed E-state index contributed by atoms with van der Waals surface area (Å²) in [6, 6.07) is 14.4. The average Bonchev–Trinajstić information content (AvgIpc) is 4.56. The zero-order valence-electron chi connectivity index (χ0n) is 53.1. The first kappa shape index (κ1) is 65.1. The molecule has 0 amide bonds. The van der Waals surface area contributed by atoms with Crippen molar-refractivity contribution in [1.82, 2.24) is 0 Å². The fourth-order valence-electron chi connectivity index (χ4n) is 13.0. The van der Waals surface area contributed by atoms with Crippen LogP contribution in [0.1, 0.15) is 230 Å². The Hall–Kier alpha value is -5.46. The van der Waals surface area contributed by atoms with Crippen molar-refractivity contribution in [3.63, 3.8) is 0 Å². The van der Waals surface area contributed by atoms with Crippen LogP contribution in [0.3, 0.4) is 0 Å². The van der Waals surface area contributed by atoms with Crippen LogP contribution in [-0.2, 0) is 77.0 Å². The summed E-state index contributed by atoms with van der Waals surface area (Å²) in [4.78, 5) is 0. The van der Waals surface area contributed by atoms with Crippen molar-refractivity contribution in [1.29, 1.82) is 0 Å². The SMILES string of the molecule is C1=CC2=C(C1)Cc1c(ccc3c1CC1=C(C=CC1)C3)C2.C1=CC2=C(C1)Cc1ccc3c(c1C2)CC1=C(CC=C1)C3.C1=CC2=C(C1)Cc1ccc3c(c1C2)CC1=C(CC=C1)C3.CC.CC.CC.CC.CC.CC.CC.CC.CC. The van der Waals surface area contributed by atoms with Gasteiger partial charge in [-0.25, -0.2) is 0 Å². The average molecular weight is 1050 g/mol. The molecule has 0 nitrogen and oxygen atoms in total. The number of rotatable bonds is 0. The molecule has 0 radical (unpaired) electrons. The van der Waals surface area contributed by atoms with E-state index in [1.54, 1.807) is 134 Å². The third-order valence-corrected chi connectivity index (χ3v) is 16.3. The molecule has 0 aliphatic heterocycles. The quantitative estimate of drug-likeness (QED) is 0.210. The molecule has 12 aliphatic rings. The summed E-state index contributed by atoms with van der Waals surface area (Å²) in [6.45, 7) is 36.0. The van der Waals surface area contributed by atoms with Crippen LogP contribution < -0.4 is 0 Å². The third kappa shape index (κ3) is 14.5. The van der Waals surface area contributed by atoms with E-state index in [1.807, 2.05) is 125 Å². The lowest BCUT2D eigenvalue weighted by molar-refractivity contribution is 0.891. The highest BCUT2D eigenvalue weighted by atomic mass is 14.3. The monoisotopic (exact) mass is 1040 g/mol. The fourth-order valence-corrected chi connectivity index (χ4v) is 13.0.